The fourth-order valence-corrected chi connectivity index (χ4v) is 2.83. The third-order valence-corrected chi connectivity index (χ3v) is 3.96. The molecule has 0 saturated carbocycles. The minimum absolute atomic E-state index is 0.295. The van der Waals surface area contributed by atoms with Gasteiger partial charge < -0.3 is 10.4 Å². The van der Waals surface area contributed by atoms with Crippen LogP contribution in [-0.2, 0) is 6.54 Å². The van der Waals surface area contributed by atoms with E-state index in [1.807, 2.05) is 11.4 Å². The molecule has 2 rings (SSSR count). The Morgan fingerprint density at radius 2 is 2.28 bits per heavy atom. The van der Waals surface area contributed by atoms with E-state index in [9.17, 15) is 14.3 Å². The summed E-state index contributed by atoms with van der Waals surface area (Å²) in [6.07, 6.45) is 0. The summed E-state index contributed by atoms with van der Waals surface area (Å²) in [5, 5.41) is 13.9. The molecule has 0 aliphatic heterocycles. The van der Waals surface area contributed by atoms with Crippen molar-refractivity contribution in [2.24, 2.45) is 0 Å². The molecule has 0 aliphatic carbocycles. The van der Waals surface area contributed by atoms with E-state index in [1.165, 1.54) is 23.5 Å². The van der Waals surface area contributed by atoms with Crippen molar-refractivity contribution in [1.29, 1.82) is 0 Å². The van der Waals surface area contributed by atoms with Crippen molar-refractivity contribution in [2.75, 3.05) is 0 Å². The number of carbonyl (C=O) groups is 1. The molecule has 1 heterocycles. The summed E-state index contributed by atoms with van der Waals surface area (Å²) < 4.78 is 14.3. The molecule has 1 aromatic heterocycles. The van der Waals surface area contributed by atoms with Crippen LogP contribution < -0.4 is 5.32 Å². The molecular weight excluding hydrogens is 321 g/mol. The number of rotatable bonds is 3. The molecular formula is C12H9BrFNO2S. The second-order valence-electron chi connectivity index (χ2n) is 3.55. The number of phenolic OH excluding ortho intramolecular Hbond substituents is 1. The average Bonchev–Trinajstić information content (AvgIpc) is 2.72. The van der Waals surface area contributed by atoms with Gasteiger partial charge in [0.05, 0.1) is 6.54 Å². The zero-order valence-corrected chi connectivity index (χ0v) is 11.5. The number of thiophene rings is 1. The predicted octanol–water partition coefficient (Wildman–Crippen LogP) is 3.29. The Bertz CT molecular complexity index is 565. The largest absolute Gasteiger partial charge is 0.507 e. The van der Waals surface area contributed by atoms with Crippen molar-refractivity contribution in [3.8, 4) is 5.75 Å². The van der Waals surface area contributed by atoms with Gasteiger partial charge in [-0.1, -0.05) is 6.07 Å². The Kier molecular flexibility index (Phi) is 3.98. The SMILES string of the molecule is O=C(NCc1cc(Br)cs1)c1c(O)cccc1F. The van der Waals surface area contributed by atoms with Gasteiger partial charge in [0.2, 0.25) is 0 Å². The van der Waals surface area contributed by atoms with Gasteiger partial charge in [0.15, 0.2) is 0 Å². The van der Waals surface area contributed by atoms with Crippen molar-refractivity contribution in [3.63, 3.8) is 0 Å². The topological polar surface area (TPSA) is 49.3 Å². The summed E-state index contributed by atoms with van der Waals surface area (Å²) >= 11 is 4.78. The van der Waals surface area contributed by atoms with Crippen LogP contribution in [0.3, 0.4) is 0 Å². The molecule has 1 amide bonds. The minimum Gasteiger partial charge on any atom is -0.507 e. The van der Waals surface area contributed by atoms with Crippen molar-refractivity contribution in [3.05, 3.63) is 50.4 Å². The quantitative estimate of drug-likeness (QED) is 0.907. The summed E-state index contributed by atoms with van der Waals surface area (Å²) in [6, 6.07) is 5.63. The number of nitrogens with one attached hydrogen (secondary N) is 1. The van der Waals surface area contributed by atoms with Gasteiger partial charge in [0, 0.05) is 14.7 Å². The zero-order valence-electron chi connectivity index (χ0n) is 9.11. The molecule has 0 bridgehead atoms. The first-order valence-corrected chi connectivity index (χ1v) is 6.74. The van der Waals surface area contributed by atoms with E-state index in [2.05, 4.69) is 21.2 Å². The van der Waals surface area contributed by atoms with E-state index in [1.54, 1.807) is 0 Å². The number of carbonyl (C=O) groups excluding carboxylic acids is 1. The highest BCUT2D eigenvalue weighted by Crippen LogP contribution is 2.21. The van der Waals surface area contributed by atoms with Gasteiger partial charge in [-0.3, -0.25) is 4.79 Å². The Morgan fingerprint density at radius 3 is 2.89 bits per heavy atom. The molecule has 94 valence electrons. The molecule has 0 saturated heterocycles. The Morgan fingerprint density at radius 1 is 1.50 bits per heavy atom. The second-order valence-corrected chi connectivity index (χ2v) is 5.46. The van der Waals surface area contributed by atoms with Crippen LogP contribution in [0, 0.1) is 5.82 Å². The average molecular weight is 330 g/mol. The molecule has 0 aliphatic rings. The lowest BCUT2D eigenvalue weighted by atomic mass is 10.1. The molecule has 6 heteroatoms. The number of hydrogen-bond donors (Lipinski definition) is 2. The van der Waals surface area contributed by atoms with E-state index < -0.39 is 11.7 Å². The predicted molar refractivity (Wildman–Crippen MR) is 71.3 cm³/mol. The Hall–Kier alpha value is -1.40. The monoisotopic (exact) mass is 329 g/mol. The van der Waals surface area contributed by atoms with Crippen LogP contribution in [0.4, 0.5) is 4.39 Å². The smallest absolute Gasteiger partial charge is 0.258 e. The third-order valence-electron chi connectivity index (χ3n) is 2.26. The summed E-state index contributed by atoms with van der Waals surface area (Å²) in [5.41, 5.74) is -0.326. The first kappa shape index (κ1) is 13.0. The number of halogens is 2. The van der Waals surface area contributed by atoms with Gasteiger partial charge in [0.1, 0.15) is 17.1 Å². The highest BCUT2D eigenvalue weighted by molar-refractivity contribution is 9.10. The summed E-state index contributed by atoms with van der Waals surface area (Å²) in [4.78, 5) is 12.7. The molecule has 2 aromatic rings. The first-order chi connectivity index (χ1) is 8.58. The lowest BCUT2D eigenvalue weighted by molar-refractivity contribution is 0.0944. The van der Waals surface area contributed by atoms with Crippen molar-refractivity contribution in [2.45, 2.75) is 6.54 Å². The summed E-state index contributed by atoms with van der Waals surface area (Å²) in [6.45, 7) is 0.295. The zero-order chi connectivity index (χ0) is 13.1. The Labute approximate surface area is 115 Å². The molecule has 0 unspecified atom stereocenters. The molecule has 0 fully saturated rings. The fraction of sp³-hybridized carbons (Fsp3) is 0.0833. The van der Waals surface area contributed by atoms with E-state index in [4.69, 9.17) is 0 Å². The normalized spacial score (nSPS) is 10.3. The van der Waals surface area contributed by atoms with E-state index >= 15 is 0 Å². The number of benzene rings is 1. The summed E-state index contributed by atoms with van der Waals surface area (Å²) in [7, 11) is 0. The molecule has 18 heavy (non-hydrogen) atoms. The number of hydrogen-bond acceptors (Lipinski definition) is 3. The van der Waals surface area contributed by atoms with Crippen LogP contribution in [0.2, 0.25) is 0 Å². The maximum atomic E-state index is 13.4. The highest BCUT2D eigenvalue weighted by Gasteiger charge is 2.16. The molecule has 2 N–H and O–H groups in total. The Balaban J connectivity index is 2.08. The maximum absolute atomic E-state index is 13.4. The lowest BCUT2D eigenvalue weighted by Gasteiger charge is -2.06. The van der Waals surface area contributed by atoms with Gasteiger partial charge in [-0.25, -0.2) is 4.39 Å². The molecule has 0 atom stereocenters. The van der Waals surface area contributed by atoms with Crippen molar-refractivity contribution in [1.82, 2.24) is 5.32 Å². The van der Waals surface area contributed by atoms with Crippen LogP contribution in [0.5, 0.6) is 5.75 Å². The van der Waals surface area contributed by atoms with Gasteiger partial charge in [-0.15, -0.1) is 11.3 Å². The molecule has 3 nitrogen and oxygen atoms in total. The van der Waals surface area contributed by atoms with E-state index in [0.29, 0.717) is 6.54 Å². The number of aromatic hydroxyl groups is 1. The van der Waals surface area contributed by atoms with Crippen LogP contribution in [-0.4, -0.2) is 11.0 Å². The van der Waals surface area contributed by atoms with Crippen molar-refractivity contribution >= 4 is 33.2 Å². The van der Waals surface area contributed by atoms with Crippen LogP contribution in [0.1, 0.15) is 15.2 Å². The fourth-order valence-electron chi connectivity index (χ4n) is 1.44. The second kappa shape index (κ2) is 5.49. The van der Waals surface area contributed by atoms with Crippen LogP contribution >= 0.6 is 27.3 Å². The van der Waals surface area contributed by atoms with Gasteiger partial charge in [-0.05, 0) is 34.1 Å². The minimum atomic E-state index is -0.736. The lowest BCUT2D eigenvalue weighted by Crippen LogP contribution is -2.23. The van der Waals surface area contributed by atoms with Gasteiger partial charge in [0.25, 0.3) is 5.91 Å². The molecule has 0 spiro atoms. The number of phenols is 1. The molecule has 1 aromatic carbocycles. The van der Waals surface area contributed by atoms with Crippen molar-refractivity contribution < 1.29 is 14.3 Å². The number of amides is 1. The summed E-state index contributed by atoms with van der Waals surface area (Å²) in [5.74, 6) is -1.73. The first-order valence-electron chi connectivity index (χ1n) is 5.06. The highest BCUT2D eigenvalue weighted by atomic mass is 79.9. The third kappa shape index (κ3) is 2.88. The van der Waals surface area contributed by atoms with Crippen LogP contribution in [0.15, 0.2) is 34.1 Å². The van der Waals surface area contributed by atoms with Gasteiger partial charge in [-0.2, -0.15) is 0 Å². The van der Waals surface area contributed by atoms with Gasteiger partial charge >= 0.3 is 0 Å². The molecule has 0 radical (unpaired) electrons. The maximum Gasteiger partial charge on any atom is 0.258 e. The van der Waals surface area contributed by atoms with E-state index in [0.717, 1.165) is 15.4 Å². The standard InChI is InChI=1S/C12H9BrFNO2S/c13-7-4-8(18-6-7)5-15-12(17)11-9(14)2-1-3-10(11)16/h1-4,6,16H,5H2,(H,15,17). The van der Waals surface area contributed by atoms with Crippen LogP contribution in [0.25, 0.3) is 0 Å². The van der Waals surface area contributed by atoms with E-state index in [-0.39, 0.29) is 11.3 Å².